The molecule has 3 aromatic rings. The van der Waals surface area contributed by atoms with Crippen molar-refractivity contribution < 1.29 is 19.1 Å². The van der Waals surface area contributed by atoms with Crippen LogP contribution in [-0.2, 0) is 27.2 Å². The fraction of sp³-hybridized carbons (Fsp3) is 0.259. The maximum absolute atomic E-state index is 13.4. The van der Waals surface area contributed by atoms with Crippen molar-refractivity contribution >= 4 is 62.4 Å². The molecule has 0 spiro atoms. The summed E-state index contributed by atoms with van der Waals surface area (Å²) in [6.45, 7) is 0. The number of esters is 1. The molecule has 7 nitrogen and oxygen atoms in total. The first-order valence-electron chi connectivity index (χ1n) is 11.8. The van der Waals surface area contributed by atoms with E-state index in [1.165, 1.54) is 30.2 Å². The average Bonchev–Trinajstić information content (AvgIpc) is 3.41. The topological polar surface area (TPSA) is 88.1 Å². The van der Waals surface area contributed by atoms with E-state index in [4.69, 9.17) is 9.73 Å². The monoisotopic (exact) mass is 519 g/mol. The quantitative estimate of drug-likeness (QED) is 0.430. The minimum atomic E-state index is -0.635. The molecule has 0 saturated carbocycles. The minimum absolute atomic E-state index is 0.0379. The molecular formula is C27H25N3O4S2. The van der Waals surface area contributed by atoms with Crippen LogP contribution in [0.5, 0.6) is 0 Å². The maximum atomic E-state index is 13.4. The molecule has 1 atom stereocenters. The minimum Gasteiger partial charge on any atom is -0.465 e. The van der Waals surface area contributed by atoms with Gasteiger partial charge in [0.25, 0.3) is 0 Å². The summed E-state index contributed by atoms with van der Waals surface area (Å²) in [6.07, 6.45) is 3.72. The van der Waals surface area contributed by atoms with Crippen LogP contribution < -0.4 is 10.2 Å². The smallest absolute Gasteiger partial charge is 0.341 e. The Bertz CT molecular complexity index is 1320. The molecule has 2 heterocycles. The molecule has 36 heavy (non-hydrogen) atoms. The molecule has 184 valence electrons. The second-order valence-corrected chi connectivity index (χ2v) is 10.8. The first-order chi connectivity index (χ1) is 17.5. The Labute approximate surface area is 217 Å². The van der Waals surface area contributed by atoms with Crippen molar-refractivity contribution in [3.05, 3.63) is 76.7 Å². The van der Waals surface area contributed by atoms with Crippen LogP contribution in [0.4, 0.5) is 16.4 Å². The van der Waals surface area contributed by atoms with Gasteiger partial charge in [-0.1, -0.05) is 48.2 Å². The predicted octanol–water partition coefficient (Wildman–Crippen LogP) is 5.58. The lowest BCUT2D eigenvalue weighted by atomic mass is 9.95. The molecule has 9 heteroatoms. The Kier molecular flexibility index (Phi) is 7.20. The molecule has 1 saturated heterocycles. The van der Waals surface area contributed by atoms with Gasteiger partial charge in [-0.3, -0.25) is 14.5 Å². The normalized spacial score (nSPS) is 18.2. The summed E-state index contributed by atoms with van der Waals surface area (Å²) < 4.78 is 5.00. The highest BCUT2D eigenvalue weighted by Gasteiger charge is 2.40. The van der Waals surface area contributed by atoms with Gasteiger partial charge in [-0.05, 0) is 55.5 Å². The third-order valence-electron chi connectivity index (χ3n) is 6.11. The summed E-state index contributed by atoms with van der Waals surface area (Å²) in [5.74, 6) is -0.961. The van der Waals surface area contributed by atoms with Gasteiger partial charge in [0.2, 0.25) is 11.8 Å². The van der Waals surface area contributed by atoms with E-state index in [-0.39, 0.29) is 18.2 Å². The molecule has 2 amide bonds. The number of amidine groups is 1. The SMILES string of the molecule is COC(=O)c1c(NC(=O)C[C@@H]2SC(=Nc3ccccc3)N(c3ccccc3)C2=O)sc2c1CCCC2. The summed E-state index contributed by atoms with van der Waals surface area (Å²) in [7, 11) is 1.35. The van der Waals surface area contributed by atoms with Crippen molar-refractivity contribution in [2.24, 2.45) is 4.99 Å². The van der Waals surface area contributed by atoms with Crippen LogP contribution in [0.2, 0.25) is 0 Å². The van der Waals surface area contributed by atoms with Crippen LogP contribution in [0.1, 0.15) is 40.1 Å². The highest BCUT2D eigenvalue weighted by Crippen LogP contribution is 2.39. The van der Waals surface area contributed by atoms with Crippen LogP contribution >= 0.6 is 23.1 Å². The zero-order valence-electron chi connectivity index (χ0n) is 19.7. The number of methoxy groups -OCH3 is 1. The van der Waals surface area contributed by atoms with E-state index in [9.17, 15) is 14.4 Å². The van der Waals surface area contributed by atoms with E-state index < -0.39 is 11.2 Å². The number of amides is 2. The number of anilines is 2. The molecule has 1 aliphatic heterocycles. The lowest BCUT2D eigenvalue weighted by Crippen LogP contribution is -2.33. The van der Waals surface area contributed by atoms with Crippen LogP contribution in [0, 0.1) is 0 Å². The summed E-state index contributed by atoms with van der Waals surface area (Å²) in [4.78, 5) is 46.5. The fourth-order valence-electron chi connectivity index (χ4n) is 4.42. The molecule has 1 fully saturated rings. The highest BCUT2D eigenvalue weighted by molar-refractivity contribution is 8.16. The van der Waals surface area contributed by atoms with E-state index >= 15 is 0 Å². The second-order valence-electron chi connectivity index (χ2n) is 8.50. The molecule has 5 rings (SSSR count). The maximum Gasteiger partial charge on any atom is 0.341 e. The number of hydrogen-bond acceptors (Lipinski definition) is 7. The molecule has 0 unspecified atom stereocenters. The number of hydrogen-bond donors (Lipinski definition) is 1. The molecule has 0 bridgehead atoms. The summed E-state index contributed by atoms with van der Waals surface area (Å²) >= 11 is 2.71. The van der Waals surface area contributed by atoms with Gasteiger partial charge < -0.3 is 10.1 Å². The van der Waals surface area contributed by atoms with Gasteiger partial charge in [0.05, 0.1) is 24.0 Å². The van der Waals surface area contributed by atoms with Gasteiger partial charge in [-0.15, -0.1) is 11.3 Å². The Balaban J connectivity index is 1.38. The van der Waals surface area contributed by atoms with E-state index in [0.29, 0.717) is 21.4 Å². The molecule has 1 aliphatic carbocycles. The van der Waals surface area contributed by atoms with Crippen molar-refractivity contribution in [2.45, 2.75) is 37.4 Å². The first kappa shape index (κ1) is 24.3. The Morgan fingerprint density at radius 2 is 1.75 bits per heavy atom. The van der Waals surface area contributed by atoms with Crippen LogP contribution in [0.25, 0.3) is 0 Å². The number of carbonyl (C=O) groups is 3. The number of para-hydroxylation sites is 2. The lowest BCUT2D eigenvalue weighted by molar-refractivity contribution is -0.121. The highest BCUT2D eigenvalue weighted by atomic mass is 32.2. The van der Waals surface area contributed by atoms with Crippen LogP contribution in [-0.4, -0.2) is 35.3 Å². The third kappa shape index (κ3) is 4.94. The van der Waals surface area contributed by atoms with Gasteiger partial charge in [-0.2, -0.15) is 0 Å². The Hall–Kier alpha value is -3.43. The van der Waals surface area contributed by atoms with E-state index in [1.54, 1.807) is 4.90 Å². The van der Waals surface area contributed by atoms with Crippen molar-refractivity contribution in [1.82, 2.24) is 0 Å². The summed E-state index contributed by atoms with van der Waals surface area (Å²) in [6, 6.07) is 18.7. The zero-order valence-corrected chi connectivity index (χ0v) is 21.4. The molecular weight excluding hydrogens is 494 g/mol. The molecule has 2 aliphatic rings. The lowest BCUT2D eigenvalue weighted by Gasteiger charge is -2.16. The number of thiophene rings is 1. The van der Waals surface area contributed by atoms with Crippen molar-refractivity contribution in [1.29, 1.82) is 0 Å². The van der Waals surface area contributed by atoms with Gasteiger partial charge in [-0.25, -0.2) is 9.79 Å². The molecule has 1 N–H and O–H groups in total. The van der Waals surface area contributed by atoms with Gasteiger partial charge in [0, 0.05) is 11.3 Å². The third-order valence-corrected chi connectivity index (χ3v) is 8.46. The number of fused-ring (bicyclic) bond motifs is 1. The fourth-order valence-corrected chi connectivity index (χ4v) is 6.87. The number of nitrogens with one attached hydrogen (secondary N) is 1. The number of aryl methyl sites for hydroxylation is 1. The number of benzene rings is 2. The number of thioether (sulfide) groups is 1. The Morgan fingerprint density at radius 1 is 1.06 bits per heavy atom. The Morgan fingerprint density at radius 3 is 2.47 bits per heavy atom. The van der Waals surface area contributed by atoms with E-state index in [2.05, 4.69) is 5.32 Å². The van der Waals surface area contributed by atoms with Crippen molar-refractivity contribution in [2.75, 3.05) is 17.3 Å². The summed E-state index contributed by atoms with van der Waals surface area (Å²) in [5.41, 5.74) is 2.86. The van der Waals surface area contributed by atoms with Gasteiger partial charge in [0.1, 0.15) is 10.3 Å². The largest absolute Gasteiger partial charge is 0.465 e. The average molecular weight is 520 g/mol. The number of carbonyl (C=O) groups excluding carboxylic acids is 3. The number of rotatable bonds is 6. The van der Waals surface area contributed by atoms with Crippen molar-refractivity contribution in [3.8, 4) is 0 Å². The van der Waals surface area contributed by atoms with Gasteiger partial charge in [0.15, 0.2) is 5.17 Å². The number of aliphatic imine (C=N–C) groups is 1. The number of nitrogens with zero attached hydrogens (tertiary/aromatic N) is 2. The van der Waals surface area contributed by atoms with Crippen LogP contribution in [0.3, 0.4) is 0 Å². The van der Waals surface area contributed by atoms with E-state index in [1.807, 2.05) is 60.7 Å². The standard InChI is InChI=1S/C27H25N3O4S2/c1-34-26(33)23-19-14-8-9-15-20(19)35-24(23)29-22(31)16-21-25(32)30(18-12-6-3-7-13-18)27(36-21)28-17-10-4-2-5-11-17/h2-7,10-13,21H,8-9,14-16H2,1H3,(H,29,31)/t21-/m0/s1. The molecule has 0 radical (unpaired) electrons. The molecule has 2 aromatic carbocycles. The predicted molar refractivity (Wildman–Crippen MR) is 144 cm³/mol. The number of ether oxygens (including phenoxy) is 1. The zero-order chi connectivity index (χ0) is 25.1. The van der Waals surface area contributed by atoms with Crippen LogP contribution in [0.15, 0.2) is 65.7 Å². The van der Waals surface area contributed by atoms with Crippen molar-refractivity contribution in [3.63, 3.8) is 0 Å². The second kappa shape index (κ2) is 10.7. The van der Waals surface area contributed by atoms with Gasteiger partial charge >= 0.3 is 5.97 Å². The first-order valence-corrected chi connectivity index (χ1v) is 13.5. The summed E-state index contributed by atoms with van der Waals surface area (Å²) in [5, 5.41) is 3.30. The van der Waals surface area contributed by atoms with E-state index in [0.717, 1.165) is 41.8 Å². The molecule has 1 aromatic heterocycles.